The van der Waals surface area contributed by atoms with E-state index in [1.807, 2.05) is 121 Å². The topological polar surface area (TPSA) is 26.3 Å². The molecule has 0 amide bonds. The highest BCUT2D eigenvalue weighted by molar-refractivity contribution is 5.88. The van der Waals surface area contributed by atoms with Gasteiger partial charge in [0, 0.05) is 22.8 Å². The van der Waals surface area contributed by atoms with Crippen LogP contribution in [0.3, 0.4) is 0 Å². The Morgan fingerprint density at radius 3 is 1.33 bits per heavy atom. The van der Waals surface area contributed by atoms with E-state index < -0.39 is 11.6 Å². The van der Waals surface area contributed by atoms with Crippen LogP contribution in [-0.2, 0) is 15.1 Å². The van der Waals surface area contributed by atoms with Gasteiger partial charge in [0.05, 0.1) is 0 Å². The number of hydrogen-bond acceptors (Lipinski definition) is 2. The molecule has 0 bridgehead atoms. The highest BCUT2D eigenvalue weighted by Crippen LogP contribution is 2.40. The number of hydrogen-bond donors (Lipinski definition) is 0. The van der Waals surface area contributed by atoms with Crippen LogP contribution in [0.1, 0.15) is 22.3 Å². The number of carbonyl (C=O) groups excluding carboxylic acids is 1. The molecule has 0 heterocycles. The summed E-state index contributed by atoms with van der Waals surface area (Å²) in [4.78, 5) is 13.0. The van der Waals surface area contributed by atoms with Crippen molar-refractivity contribution in [2.24, 2.45) is 0 Å². The fraction of sp³-hybridized carbons (Fsp3) is 0.0357. The van der Waals surface area contributed by atoms with E-state index in [2.05, 4.69) is 0 Å². The van der Waals surface area contributed by atoms with E-state index in [0.29, 0.717) is 0 Å². The summed E-state index contributed by atoms with van der Waals surface area (Å²) in [5.41, 5.74) is 2.57. The molecule has 0 N–H and O–H groups in total. The van der Waals surface area contributed by atoms with Crippen LogP contribution in [0.4, 0.5) is 0 Å². The molecule has 2 nitrogen and oxygen atoms in total. The van der Waals surface area contributed by atoms with E-state index in [1.54, 1.807) is 6.08 Å². The predicted molar refractivity (Wildman–Crippen MR) is 121 cm³/mol. The van der Waals surface area contributed by atoms with Crippen molar-refractivity contribution in [2.75, 3.05) is 0 Å². The van der Waals surface area contributed by atoms with E-state index in [-0.39, 0.29) is 0 Å². The van der Waals surface area contributed by atoms with Gasteiger partial charge in [0.15, 0.2) is 5.60 Å². The Kier molecular flexibility index (Phi) is 5.86. The zero-order chi connectivity index (χ0) is 20.7. The highest BCUT2D eigenvalue weighted by Gasteiger charge is 2.40. The van der Waals surface area contributed by atoms with Crippen LogP contribution in [0.5, 0.6) is 0 Å². The second-order valence-electron chi connectivity index (χ2n) is 6.94. The third-order valence-electron chi connectivity index (χ3n) is 5.01. The van der Waals surface area contributed by atoms with Crippen molar-refractivity contribution >= 4 is 12.0 Å². The molecule has 146 valence electrons. The van der Waals surface area contributed by atoms with E-state index in [4.69, 9.17) is 4.74 Å². The van der Waals surface area contributed by atoms with Gasteiger partial charge in [-0.2, -0.15) is 0 Å². The second kappa shape index (κ2) is 9.06. The van der Waals surface area contributed by atoms with E-state index in [9.17, 15) is 4.79 Å². The molecular formula is C28H22O2. The van der Waals surface area contributed by atoms with Crippen molar-refractivity contribution in [3.8, 4) is 0 Å². The molecule has 30 heavy (non-hydrogen) atoms. The van der Waals surface area contributed by atoms with Crippen LogP contribution >= 0.6 is 0 Å². The fourth-order valence-electron chi connectivity index (χ4n) is 3.61. The zero-order valence-electron chi connectivity index (χ0n) is 16.5. The molecule has 0 saturated carbocycles. The first-order valence-electron chi connectivity index (χ1n) is 9.92. The van der Waals surface area contributed by atoms with Gasteiger partial charge >= 0.3 is 5.97 Å². The van der Waals surface area contributed by atoms with Crippen LogP contribution in [0.15, 0.2) is 127 Å². The van der Waals surface area contributed by atoms with Gasteiger partial charge in [-0.3, -0.25) is 0 Å². The maximum atomic E-state index is 13.0. The van der Waals surface area contributed by atoms with Gasteiger partial charge in [0.2, 0.25) is 0 Å². The van der Waals surface area contributed by atoms with Crippen molar-refractivity contribution in [1.29, 1.82) is 0 Å². The molecule has 0 fully saturated rings. The number of esters is 1. The summed E-state index contributed by atoms with van der Waals surface area (Å²) < 4.78 is 6.29. The molecule has 0 aliphatic rings. The van der Waals surface area contributed by atoms with Gasteiger partial charge < -0.3 is 4.74 Å². The lowest BCUT2D eigenvalue weighted by atomic mass is 9.80. The number of rotatable bonds is 6. The lowest BCUT2D eigenvalue weighted by Gasteiger charge is -2.35. The quantitative estimate of drug-likeness (QED) is 0.221. The monoisotopic (exact) mass is 390 g/mol. The first kappa shape index (κ1) is 19.4. The third-order valence-corrected chi connectivity index (χ3v) is 5.01. The van der Waals surface area contributed by atoms with Crippen molar-refractivity contribution in [3.05, 3.63) is 150 Å². The molecule has 4 aromatic carbocycles. The normalized spacial score (nSPS) is 11.3. The SMILES string of the molecule is O=C(/C=C/c1ccccc1)OC(c1ccccc1)(c1ccccc1)c1ccccc1. The molecule has 0 aromatic heterocycles. The van der Waals surface area contributed by atoms with E-state index in [1.165, 1.54) is 6.08 Å². The molecular weight excluding hydrogens is 368 g/mol. The Hall–Kier alpha value is -3.91. The van der Waals surface area contributed by atoms with Crippen LogP contribution in [-0.4, -0.2) is 5.97 Å². The van der Waals surface area contributed by atoms with Gasteiger partial charge in [0.1, 0.15) is 0 Å². The standard InChI is InChI=1S/C28H22O2/c29-27(22-21-23-13-5-1-6-14-23)30-28(24-15-7-2-8-16-24,25-17-9-3-10-18-25)26-19-11-4-12-20-26/h1-22H/b22-21+. The molecule has 0 aliphatic heterocycles. The van der Waals surface area contributed by atoms with Crippen molar-refractivity contribution in [2.45, 2.75) is 5.60 Å². The van der Waals surface area contributed by atoms with Crippen molar-refractivity contribution < 1.29 is 9.53 Å². The number of benzene rings is 4. The van der Waals surface area contributed by atoms with Gasteiger partial charge in [-0.05, 0) is 11.6 Å². The Morgan fingerprint density at radius 1 is 0.567 bits per heavy atom. The van der Waals surface area contributed by atoms with Crippen LogP contribution < -0.4 is 0 Å². The maximum Gasteiger partial charge on any atom is 0.332 e. The smallest absolute Gasteiger partial charge is 0.332 e. The van der Waals surface area contributed by atoms with E-state index in [0.717, 1.165) is 22.3 Å². The summed E-state index contributed by atoms with van der Waals surface area (Å²) in [7, 11) is 0. The summed E-state index contributed by atoms with van der Waals surface area (Å²) in [5, 5.41) is 0. The molecule has 0 spiro atoms. The Labute approximate surface area is 177 Å². The summed E-state index contributed by atoms with van der Waals surface area (Å²) in [5.74, 6) is -0.407. The second-order valence-corrected chi connectivity index (χ2v) is 6.94. The lowest BCUT2D eigenvalue weighted by Crippen LogP contribution is -2.34. The first-order chi connectivity index (χ1) is 14.8. The molecule has 0 atom stereocenters. The molecule has 0 saturated heterocycles. The third kappa shape index (κ3) is 4.08. The fourth-order valence-corrected chi connectivity index (χ4v) is 3.61. The van der Waals surface area contributed by atoms with Gasteiger partial charge in [-0.1, -0.05) is 121 Å². The Balaban J connectivity index is 1.83. The lowest BCUT2D eigenvalue weighted by molar-refractivity contribution is -0.147. The van der Waals surface area contributed by atoms with Crippen LogP contribution in [0.2, 0.25) is 0 Å². The number of ether oxygens (including phenoxy) is 1. The van der Waals surface area contributed by atoms with Crippen LogP contribution in [0.25, 0.3) is 6.08 Å². The molecule has 4 aromatic rings. The van der Waals surface area contributed by atoms with Gasteiger partial charge in [0.25, 0.3) is 0 Å². The van der Waals surface area contributed by atoms with Crippen molar-refractivity contribution in [3.63, 3.8) is 0 Å². The summed E-state index contributed by atoms with van der Waals surface area (Å²) in [6, 6.07) is 39.3. The van der Waals surface area contributed by atoms with Gasteiger partial charge in [-0.25, -0.2) is 4.79 Å². The minimum absolute atomic E-state index is 0.407. The van der Waals surface area contributed by atoms with E-state index >= 15 is 0 Å². The average molecular weight is 390 g/mol. The first-order valence-corrected chi connectivity index (χ1v) is 9.92. The average Bonchev–Trinajstić information content (AvgIpc) is 2.83. The Bertz CT molecular complexity index is 1010. The van der Waals surface area contributed by atoms with Crippen molar-refractivity contribution in [1.82, 2.24) is 0 Å². The summed E-state index contributed by atoms with van der Waals surface area (Å²) in [6.07, 6.45) is 3.26. The molecule has 0 unspecified atom stereocenters. The minimum atomic E-state index is -1.05. The molecule has 0 radical (unpaired) electrons. The molecule has 4 rings (SSSR count). The van der Waals surface area contributed by atoms with Crippen LogP contribution in [0, 0.1) is 0 Å². The minimum Gasteiger partial charge on any atom is -0.441 e. The largest absolute Gasteiger partial charge is 0.441 e. The Morgan fingerprint density at radius 2 is 0.933 bits per heavy atom. The van der Waals surface area contributed by atoms with Gasteiger partial charge in [-0.15, -0.1) is 0 Å². The molecule has 2 heteroatoms. The summed E-state index contributed by atoms with van der Waals surface area (Å²) >= 11 is 0. The summed E-state index contributed by atoms with van der Waals surface area (Å²) in [6.45, 7) is 0. The number of carbonyl (C=O) groups is 1. The highest BCUT2D eigenvalue weighted by atomic mass is 16.6. The maximum absolute atomic E-state index is 13.0. The predicted octanol–water partition coefficient (Wildman–Crippen LogP) is 6.24. The molecule has 0 aliphatic carbocycles. The zero-order valence-corrected chi connectivity index (χ0v) is 16.5.